The van der Waals surface area contributed by atoms with Gasteiger partial charge in [-0.1, -0.05) is 29.8 Å². The van der Waals surface area contributed by atoms with Gasteiger partial charge in [0.2, 0.25) is 0 Å². The molecule has 0 saturated heterocycles. The summed E-state index contributed by atoms with van der Waals surface area (Å²) < 4.78 is 0. The van der Waals surface area contributed by atoms with E-state index in [1.807, 2.05) is 48.6 Å². The van der Waals surface area contributed by atoms with Gasteiger partial charge in [0.05, 0.1) is 22.7 Å². The summed E-state index contributed by atoms with van der Waals surface area (Å²) in [6.07, 6.45) is 13.1. The molecule has 2 aromatic heterocycles. The number of fused-ring (bicyclic) bond motifs is 6. The van der Waals surface area contributed by atoms with Crippen LogP contribution >= 0.6 is 23.2 Å². The summed E-state index contributed by atoms with van der Waals surface area (Å²) in [6, 6.07) is 14.1. The number of hydrogen-bond acceptors (Lipinski definition) is 3. The van der Waals surface area contributed by atoms with Crippen LogP contribution < -0.4 is 10.7 Å². The largest absolute Gasteiger partial charge is 0.478 e. The Kier molecular flexibility index (Phi) is 4.85. The second-order valence-electron chi connectivity index (χ2n) is 8.48. The number of carboxylic acids is 1. The summed E-state index contributed by atoms with van der Waals surface area (Å²) in [4.78, 5) is 25.2. The van der Waals surface area contributed by atoms with Gasteiger partial charge in [-0.15, -0.1) is 11.6 Å². The van der Waals surface area contributed by atoms with E-state index >= 15 is 0 Å². The summed E-state index contributed by atoms with van der Waals surface area (Å²) >= 11 is 14.6. The lowest BCUT2D eigenvalue weighted by atomic mass is 9.84. The van der Waals surface area contributed by atoms with Gasteiger partial charge in [0, 0.05) is 22.1 Å². The zero-order chi connectivity index (χ0) is 24.2. The molecule has 3 aromatic rings. The summed E-state index contributed by atoms with van der Waals surface area (Å²) in [5.41, 5.74) is 3.83. The van der Waals surface area contributed by atoms with Crippen LogP contribution in [0.2, 0.25) is 0 Å². The van der Waals surface area contributed by atoms with Crippen LogP contribution in [0, 0.1) is 0 Å². The fourth-order valence-corrected chi connectivity index (χ4v) is 5.30. The molecular formula is C27H18Cl2N4O2. The van der Waals surface area contributed by atoms with E-state index in [1.165, 1.54) is 6.07 Å². The van der Waals surface area contributed by atoms with Gasteiger partial charge in [-0.3, -0.25) is 4.99 Å². The molecule has 8 bridgehead atoms. The standard InChI is InChI=1S/C27H18Cl2N4O2/c28-26-12-11-21(33-26)15-19-8-7-17(31-19)13-16-5-6-18(30-16)14-20-9-10-24(32-20)27(26,29)23-4-2-1-3-22(23)25(34)35/h1-15,31-32H,(H,34,35). The van der Waals surface area contributed by atoms with E-state index in [2.05, 4.69) is 15.0 Å². The fraction of sp³-hybridized carbons (Fsp3) is 0.0741. The summed E-state index contributed by atoms with van der Waals surface area (Å²) in [5.74, 6) is -1.10. The van der Waals surface area contributed by atoms with Crippen molar-refractivity contribution in [2.75, 3.05) is 0 Å². The Morgan fingerprint density at radius 2 is 1.63 bits per heavy atom. The lowest BCUT2D eigenvalue weighted by molar-refractivity contribution is 0.0695. The van der Waals surface area contributed by atoms with Crippen LogP contribution in [0.25, 0.3) is 18.2 Å². The van der Waals surface area contributed by atoms with Crippen molar-refractivity contribution >= 4 is 58.8 Å². The number of H-pyrrole nitrogens is 2. The van der Waals surface area contributed by atoms with Gasteiger partial charge >= 0.3 is 5.97 Å². The van der Waals surface area contributed by atoms with Crippen molar-refractivity contribution < 1.29 is 9.90 Å². The number of carbonyl (C=O) groups is 1. The maximum Gasteiger partial charge on any atom is 0.336 e. The van der Waals surface area contributed by atoms with Crippen LogP contribution in [0.4, 0.5) is 0 Å². The normalized spacial score (nSPS) is 24.3. The van der Waals surface area contributed by atoms with Gasteiger partial charge in [-0.25, -0.2) is 9.79 Å². The molecule has 172 valence electrons. The fourth-order valence-electron chi connectivity index (χ4n) is 4.55. The summed E-state index contributed by atoms with van der Waals surface area (Å²) in [5, 5.41) is 11.7. The molecule has 0 radical (unpaired) electrons. The van der Waals surface area contributed by atoms with Crippen LogP contribution in [0.15, 0.2) is 88.5 Å². The van der Waals surface area contributed by atoms with Crippen molar-refractivity contribution in [3.05, 3.63) is 112 Å². The predicted molar refractivity (Wildman–Crippen MR) is 140 cm³/mol. The molecule has 2 atom stereocenters. The van der Waals surface area contributed by atoms with Crippen LogP contribution in [-0.4, -0.2) is 37.5 Å². The highest BCUT2D eigenvalue weighted by Crippen LogP contribution is 2.53. The molecule has 6 rings (SSSR count). The molecule has 0 saturated carbocycles. The first-order valence-electron chi connectivity index (χ1n) is 10.9. The first kappa shape index (κ1) is 21.6. The third kappa shape index (κ3) is 3.53. The van der Waals surface area contributed by atoms with E-state index in [1.54, 1.807) is 36.4 Å². The van der Waals surface area contributed by atoms with Crippen molar-refractivity contribution in [1.29, 1.82) is 0 Å². The Morgan fingerprint density at radius 1 is 0.857 bits per heavy atom. The molecule has 1 aromatic carbocycles. The molecule has 0 fully saturated rings. The van der Waals surface area contributed by atoms with Crippen molar-refractivity contribution in [2.24, 2.45) is 9.98 Å². The Morgan fingerprint density at radius 3 is 2.43 bits per heavy atom. The molecule has 3 N–H and O–H groups in total. The van der Waals surface area contributed by atoms with Crippen LogP contribution in [0.3, 0.4) is 0 Å². The average Bonchev–Trinajstić information content (AvgIpc) is 3.63. The number of carboxylic acid groups (broad SMARTS) is 1. The molecule has 3 aliphatic rings. The molecule has 2 unspecified atom stereocenters. The van der Waals surface area contributed by atoms with Gasteiger partial charge in [-0.2, -0.15) is 0 Å². The zero-order valence-electron chi connectivity index (χ0n) is 18.2. The van der Waals surface area contributed by atoms with Gasteiger partial charge < -0.3 is 15.1 Å². The number of aromatic nitrogens is 2. The van der Waals surface area contributed by atoms with Crippen molar-refractivity contribution in [1.82, 2.24) is 9.97 Å². The van der Waals surface area contributed by atoms with Gasteiger partial charge in [-0.05, 0) is 78.4 Å². The van der Waals surface area contributed by atoms with Gasteiger partial charge in [0.25, 0.3) is 0 Å². The number of alkyl halides is 2. The van der Waals surface area contributed by atoms with E-state index in [0.717, 1.165) is 27.8 Å². The third-order valence-electron chi connectivity index (χ3n) is 6.18. The molecule has 8 heteroatoms. The summed E-state index contributed by atoms with van der Waals surface area (Å²) in [6.45, 7) is 0. The second-order valence-corrected chi connectivity index (χ2v) is 9.62. The van der Waals surface area contributed by atoms with Crippen LogP contribution in [0.5, 0.6) is 0 Å². The van der Waals surface area contributed by atoms with E-state index in [-0.39, 0.29) is 5.56 Å². The Hall–Kier alpha value is -3.87. The maximum atomic E-state index is 12.2. The Labute approximate surface area is 210 Å². The second kappa shape index (κ2) is 7.83. The first-order chi connectivity index (χ1) is 16.8. The molecule has 0 aliphatic carbocycles. The first-order valence-corrected chi connectivity index (χ1v) is 11.7. The van der Waals surface area contributed by atoms with E-state index < -0.39 is 15.8 Å². The number of aromatic carboxylic acids is 1. The van der Waals surface area contributed by atoms with E-state index in [0.29, 0.717) is 17.0 Å². The van der Waals surface area contributed by atoms with Crippen LogP contribution in [-0.2, 0) is 4.87 Å². The number of halogens is 2. The lowest BCUT2D eigenvalue weighted by Crippen LogP contribution is -2.42. The number of aliphatic imine (C=N–C) groups is 2. The quantitative estimate of drug-likeness (QED) is 0.365. The highest BCUT2D eigenvalue weighted by atomic mass is 35.5. The lowest BCUT2D eigenvalue weighted by Gasteiger charge is -2.37. The number of nitrogens with zero attached hydrogens (tertiary/aromatic N) is 2. The zero-order valence-corrected chi connectivity index (χ0v) is 19.7. The highest BCUT2D eigenvalue weighted by Gasteiger charge is 2.54. The molecule has 6 nitrogen and oxygen atoms in total. The third-order valence-corrected chi connectivity index (χ3v) is 7.47. The number of benzene rings is 1. The van der Waals surface area contributed by atoms with Gasteiger partial charge in [0.15, 0.2) is 9.87 Å². The number of allylic oxidation sites excluding steroid dienone is 3. The average molecular weight is 501 g/mol. The molecule has 35 heavy (non-hydrogen) atoms. The van der Waals surface area contributed by atoms with E-state index in [9.17, 15) is 9.90 Å². The topological polar surface area (TPSA) is 93.6 Å². The van der Waals surface area contributed by atoms with Crippen molar-refractivity contribution in [3.8, 4) is 0 Å². The molecule has 0 amide bonds. The molecular weight excluding hydrogens is 483 g/mol. The van der Waals surface area contributed by atoms with E-state index in [4.69, 9.17) is 28.2 Å². The van der Waals surface area contributed by atoms with Crippen molar-refractivity contribution in [3.63, 3.8) is 0 Å². The number of hydrogen-bond donors (Lipinski definition) is 3. The summed E-state index contributed by atoms with van der Waals surface area (Å²) in [7, 11) is 0. The highest BCUT2D eigenvalue weighted by molar-refractivity contribution is 6.39. The molecule has 5 heterocycles. The minimum atomic E-state index is -1.56. The number of nitrogens with one attached hydrogen (secondary N) is 2. The minimum Gasteiger partial charge on any atom is -0.478 e. The Bertz CT molecular complexity index is 1670. The smallest absolute Gasteiger partial charge is 0.336 e. The minimum absolute atomic E-state index is 0.0463. The predicted octanol–water partition coefficient (Wildman–Crippen LogP) is 4.10. The monoisotopic (exact) mass is 500 g/mol. The number of aromatic amines is 2. The van der Waals surface area contributed by atoms with Gasteiger partial charge in [0.1, 0.15) is 0 Å². The SMILES string of the molecule is O=C(O)c1ccccc1C1(Cl)c2ccc([nH]2)C=C2C=CC(=N2)C=c2ccc([nH]2)=CC2=NC1(Cl)C=C2. The molecule has 0 spiro atoms. The van der Waals surface area contributed by atoms with Crippen molar-refractivity contribution in [2.45, 2.75) is 9.87 Å². The number of rotatable bonds is 2. The van der Waals surface area contributed by atoms with Crippen LogP contribution in [0.1, 0.15) is 27.3 Å². The molecule has 3 aliphatic heterocycles. The maximum absolute atomic E-state index is 12.2. The Balaban J connectivity index is 1.65.